The molecule has 1 aliphatic carbocycles. The maximum absolute atomic E-state index is 14.3. The number of hydrogen-bond donors (Lipinski definition) is 5. The predicted molar refractivity (Wildman–Crippen MR) is 154 cm³/mol. The maximum Gasteiger partial charge on any atom is 0.225 e. The Morgan fingerprint density at radius 2 is 1.84 bits per heavy atom. The summed E-state index contributed by atoms with van der Waals surface area (Å²) in [5.74, 6) is 0.447. The number of nitrogens with zero attached hydrogens (tertiary/aromatic N) is 2. The fraction of sp³-hybridized carbons (Fsp3) is 0.500. The average molecular weight is 605 g/mol. The van der Waals surface area contributed by atoms with Crippen molar-refractivity contribution in [3.63, 3.8) is 0 Å². The van der Waals surface area contributed by atoms with E-state index in [9.17, 15) is 9.18 Å². The minimum atomic E-state index is -1.17. The van der Waals surface area contributed by atoms with Gasteiger partial charge in [-0.2, -0.15) is 4.98 Å². The zero-order valence-corrected chi connectivity index (χ0v) is 23.7. The van der Waals surface area contributed by atoms with E-state index < -0.39 is 17.6 Å². The fourth-order valence-corrected chi connectivity index (χ4v) is 5.58. The zero-order valence-electron chi connectivity index (χ0n) is 20.6. The summed E-state index contributed by atoms with van der Waals surface area (Å²) in [6.07, 6.45) is 3.62. The van der Waals surface area contributed by atoms with Crippen LogP contribution in [0.4, 0.5) is 27.5 Å². The number of carbonyl (C=O) groups is 1. The van der Waals surface area contributed by atoms with Crippen LogP contribution in [0.1, 0.15) is 39.0 Å². The van der Waals surface area contributed by atoms with Gasteiger partial charge in [0.15, 0.2) is 10.9 Å². The summed E-state index contributed by atoms with van der Waals surface area (Å²) in [7, 11) is 0. The molecule has 14 heteroatoms. The van der Waals surface area contributed by atoms with Gasteiger partial charge in [0, 0.05) is 23.1 Å². The molecule has 206 valence electrons. The van der Waals surface area contributed by atoms with Crippen LogP contribution in [0.2, 0.25) is 15.1 Å². The molecule has 1 aromatic heterocycles. The van der Waals surface area contributed by atoms with E-state index in [0.717, 1.165) is 12.8 Å². The number of primary amides is 1. The second-order valence-corrected chi connectivity index (χ2v) is 11.4. The van der Waals surface area contributed by atoms with Gasteiger partial charge in [-0.1, -0.05) is 41.7 Å². The quantitative estimate of drug-likeness (QED) is 0.256. The summed E-state index contributed by atoms with van der Waals surface area (Å²) < 4.78 is 19.5. The Balaban J connectivity index is 1.52. The van der Waals surface area contributed by atoms with Crippen LogP contribution in [0, 0.1) is 5.41 Å². The smallest absolute Gasteiger partial charge is 0.225 e. The summed E-state index contributed by atoms with van der Waals surface area (Å²) >= 11 is 24.0. The molecule has 2 heterocycles. The second-order valence-electron chi connectivity index (χ2n) is 9.75. The number of amides is 1. The number of nitrogens with two attached hydrogens (primary N) is 1. The van der Waals surface area contributed by atoms with E-state index >= 15 is 0 Å². The average Bonchev–Trinajstić information content (AvgIpc) is 2.86. The molecule has 2 aliphatic rings. The molecule has 2 atom stereocenters. The first-order chi connectivity index (χ1) is 18.0. The van der Waals surface area contributed by atoms with Gasteiger partial charge in [-0.15, -0.1) is 0 Å². The van der Waals surface area contributed by atoms with Crippen LogP contribution in [0.15, 0.2) is 18.3 Å². The number of carbonyl (C=O) groups excluding carboxylic acids is 1. The molecule has 1 saturated carbocycles. The molecule has 1 amide bonds. The Hall–Kier alpha value is -2.18. The van der Waals surface area contributed by atoms with Crippen LogP contribution in [-0.4, -0.2) is 52.5 Å². The number of rotatable bonds is 7. The highest BCUT2D eigenvalue weighted by atomic mass is 35.5. The number of thiocarbonyl (C=S) groups is 1. The van der Waals surface area contributed by atoms with Crippen molar-refractivity contribution < 1.29 is 13.9 Å². The first kappa shape index (κ1) is 28.8. The SMILES string of the molecule is C[C@]1(C(N)=O)CC[C@@H](Nc2nc(N[C@@H]3CCOC[C@H]3F)ncc2NC(=S)Nc2c(Cl)cc(Cl)cc2Cl)CC1. The number of nitrogens with one attached hydrogen (secondary N) is 4. The first-order valence-electron chi connectivity index (χ1n) is 12.2. The van der Waals surface area contributed by atoms with Crippen molar-refractivity contribution in [2.75, 3.05) is 34.5 Å². The van der Waals surface area contributed by atoms with E-state index in [0.29, 0.717) is 58.1 Å². The maximum atomic E-state index is 14.3. The molecule has 2 aromatic rings. The van der Waals surface area contributed by atoms with Crippen molar-refractivity contribution in [2.45, 2.75) is 57.3 Å². The lowest BCUT2D eigenvalue weighted by Gasteiger charge is -2.35. The predicted octanol–water partition coefficient (Wildman–Crippen LogP) is 5.63. The molecule has 0 radical (unpaired) electrons. The Morgan fingerprint density at radius 1 is 1.16 bits per heavy atom. The van der Waals surface area contributed by atoms with Gasteiger partial charge < -0.3 is 31.7 Å². The molecular formula is C24H29Cl3FN7O2S. The van der Waals surface area contributed by atoms with Gasteiger partial charge in [-0.25, -0.2) is 9.37 Å². The van der Waals surface area contributed by atoms with Gasteiger partial charge in [-0.3, -0.25) is 4.79 Å². The highest BCUT2D eigenvalue weighted by Gasteiger charge is 2.36. The second kappa shape index (κ2) is 12.3. The first-order valence-corrected chi connectivity index (χ1v) is 13.7. The van der Waals surface area contributed by atoms with E-state index in [4.69, 9.17) is 57.5 Å². The van der Waals surface area contributed by atoms with E-state index in [1.54, 1.807) is 18.3 Å². The molecule has 38 heavy (non-hydrogen) atoms. The lowest BCUT2D eigenvalue weighted by Crippen LogP contribution is -2.41. The summed E-state index contributed by atoms with van der Waals surface area (Å²) in [5, 5.41) is 13.8. The zero-order chi connectivity index (χ0) is 27.4. The van der Waals surface area contributed by atoms with Crippen LogP contribution in [0.3, 0.4) is 0 Å². The topological polar surface area (TPSA) is 126 Å². The third-order valence-corrected chi connectivity index (χ3v) is 7.93. The third-order valence-electron chi connectivity index (χ3n) is 6.91. The molecule has 1 aromatic carbocycles. The monoisotopic (exact) mass is 603 g/mol. The normalized spacial score (nSPS) is 25.3. The van der Waals surface area contributed by atoms with Gasteiger partial charge >= 0.3 is 0 Å². The van der Waals surface area contributed by atoms with E-state index in [2.05, 4.69) is 31.2 Å². The molecule has 1 aliphatic heterocycles. The van der Waals surface area contributed by atoms with Crippen LogP contribution in [0.5, 0.6) is 0 Å². The van der Waals surface area contributed by atoms with E-state index in [1.165, 1.54) is 0 Å². The minimum absolute atomic E-state index is 0.0267. The van der Waals surface area contributed by atoms with Gasteiger partial charge in [-0.05, 0) is 56.5 Å². The summed E-state index contributed by atoms with van der Waals surface area (Å²) in [6, 6.07) is 2.67. The van der Waals surface area contributed by atoms with E-state index in [1.807, 2.05) is 6.92 Å². The lowest BCUT2D eigenvalue weighted by molar-refractivity contribution is -0.128. The lowest BCUT2D eigenvalue weighted by atomic mass is 9.73. The Kier molecular flexibility index (Phi) is 9.36. The Bertz CT molecular complexity index is 1180. The standard InChI is InChI=1S/C24H29Cl3FN7O2S/c1-24(21(29)36)5-2-13(3-6-24)31-20-18(10-30-22(35-20)32-17-4-7-37-11-16(17)28)33-23(38)34-19-14(26)8-12(25)9-15(19)27/h8-10,13,16-17H,2-7,11H2,1H3,(H2,29,36)(H2,33,34,38)(H2,30,31,32,35)/t13-,16-,17-,24+/m1/s1. The number of halogens is 4. The van der Waals surface area contributed by atoms with Crippen molar-refractivity contribution in [1.29, 1.82) is 0 Å². The van der Waals surface area contributed by atoms with Crippen molar-refractivity contribution in [3.8, 4) is 0 Å². The van der Waals surface area contributed by atoms with Crippen molar-refractivity contribution in [3.05, 3.63) is 33.4 Å². The number of hydrogen-bond acceptors (Lipinski definition) is 7. The van der Waals surface area contributed by atoms with Crippen LogP contribution >= 0.6 is 47.0 Å². The van der Waals surface area contributed by atoms with E-state index in [-0.39, 0.29) is 29.6 Å². The molecule has 1 saturated heterocycles. The largest absolute Gasteiger partial charge is 0.378 e. The number of alkyl halides is 1. The molecule has 4 rings (SSSR count). The van der Waals surface area contributed by atoms with Crippen molar-refractivity contribution in [1.82, 2.24) is 9.97 Å². The minimum Gasteiger partial charge on any atom is -0.378 e. The Morgan fingerprint density at radius 3 is 2.47 bits per heavy atom. The molecule has 0 spiro atoms. The van der Waals surface area contributed by atoms with Crippen LogP contribution in [-0.2, 0) is 9.53 Å². The number of benzene rings is 1. The molecular weight excluding hydrogens is 576 g/mol. The van der Waals surface area contributed by atoms with Gasteiger partial charge in [0.2, 0.25) is 11.9 Å². The summed E-state index contributed by atoms with van der Waals surface area (Å²) in [4.78, 5) is 20.9. The fourth-order valence-electron chi connectivity index (χ4n) is 4.45. The number of ether oxygens (including phenoxy) is 1. The van der Waals surface area contributed by atoms with Crippen molar-refractivity contribution >= 4 is 81.2 Å². The van der Waals surface area contributed by atoms with Crippen molar-refractivity contribution in [2.24, 2.45) is 11.1 Å². The third kappa shape index (κ3) is 7.06. The van der Waals surface area contributed by atoms with Gasteiger partial charge in [0.05, 0.1) is 34.6 Å². The highest BCUT2D eigenvalue weighted by molar-refractivity contribution is 7.80. The molecule has 2 fully saturated rings. The highest BCUT2D eigenvalue weighted by Crippen LogP contribution is 2.37. The molecule has 0 bridgehead atoms. The molecule has 6 N–H and O–H groups in total. The molecule has 0 unspecified atom stereocenters. The number of anilines is 4. The van der Waals surface area contributed by atoms with Gasteiger partial charge in [0.25, 0.3) is 0 Å². The number of aromatic nitrogens is 2. The summed E-state index contributed by atoms with van der Waals surface area (Å²) in [6.45, 7) is 2.38. The molecule has 9 nitrogen and oxygen atoms in total. The van der Waals surface area contributed by atoms with Gasteiger partial charge in [0.1, 0.15) is 11.9 Å². The van der Waals surface area contributed by atoms with Crippen LogP contribution < -0.4 is 27.0 Å². The van der Waals surface area contributed by atoms with Crippen LogP contribution in [0.25, 0.3) is 0 Å². The summed E-state index contributed by atoms with van der Waals surface area (Å²) in [5.41, 5.74) is 5.96. The Labute approximate surface area is 240 Å².